The topological polar surface area (TPSA) is 23.6 Å². The summed E-state index contributed by atoms with van der Waals surface area (Å²) < 4.78 is 0. The highest BCUT2D eigenvalue weighted by Gasteiger charge is 2.46. The van der Waals surface area contributed by atoms with Gasteiger partial charge in [0, 0.05) is 31.3 Å². The summed E-state index contributed by atoms with van der Waals surface area (Å²) in [7, 11) is 0. The Balaban J connectivity index is 1.66. The van der Waals surface area contributed by atoms with Crippen LogP contribution in [0.15, 0.2) is 0 Å². The fraction of sp³-hybridized carbons (Fsp3) is 0.833. The molecule has 2 aliphatic rings. The van der Waals surface area contributed by atoms with Gasteiger partial charge in [-0.3, -0.25) is 9.69 Å². The van der Waals surface area contributed by atoms with Crippen LogP contribution in [0.5, 0.6) is 0 Å². The summed E-state index contributed by atoms with van der Waals surface area (Å²) in [6.07, 6.45) is 7.60. The number of hydrogen-bond donors (Lipinski definition) is 0. The Kier molecular flexibility index (Phi) is 6.11. The summed E-state index contributed by atoms with van der Waals surface area (Å²) in [5.74, 6) is 6.76. The quantitative estimate of drug-likeness (QED) is 0.574. The first-order valence-electron chi connectivity index (χ1n) is 8.65. The van der Waals surface area contributed by atoms with Crippen LogP contribution in [0.2, 0.25) is 0 Å². The van der Waals surface area contributed by atoms with Crippen molar-refractivity contribution in [1.29, 1.82) is 0 Å². The van der Waals surface area contributed by atoms with E-state index in [1.165, 1.54) is 25.7 Å². The van der Waals surface area contributed by atoms with Gasteiger partial charge in [0.1, 0.15) is 0 Å². The Bertz CT molecular complexity index is 391. The molecule has 3 nitrogen and oxygen atoms in total. The largest absolute Gasteiger partial charge is 0.341 e. The highest BCUT2D eigenvalue weighted by molar-refractivity contribution is 5.77. The van der Waals surface area contributed by atoms with Gasteiger partial charge < -0.3 is 4.90 Å². The van der Waals surface area contributed by atoms with Crippen molar-refractivity contribution in [2.75, 3.05) is 32.7 Å². The fourth-order valence-electron chi connectivity index (χ4n) is 3.42. The molecule has 3 heteroatoms. The maximum absolute atomic E-state index is 12.1. The Hall–Kier alpha value is -1.01. The Morgan fingerprint density at radius 1 is 1.10 bits per heavy atom. The monoisotopic (exact) mass is 290 g/mol. The molecule has 2 rings (SSSR count). The predicted octanol–water partition coefficient (Wildman–Crippen LogP) is 2.90. The van der Waals surface area contributed by atoms with E-state index < -0.39 is 0 Å². The normalized spacial score (nSPS) is 20.8. The minimum absolute atomic E-state index is 0.380. The number of likely N-dealkylation sites (tertiary alicyclic amines) is 2. The van der Waals surface area contributed by atoms with Gasteiger partial charge in [-0.25, -0.2) is 0 Å². The van der Waals surface area contributed by atoms with E-state index in [2.05, 4.69) is 35.5 Å². The predicted molar refractivity (Wildman–Crippen MR) is 86.9 cm³/mol. The number of amides is 1. The maximum Gasteiger partial charge on any atom is 0.222 e. The Labute approximate surface area is 130 Å². The molecule has 2 fully saturated rings. The van der Waals surface area contributed by atoms with Crippen LogP contribution in [0, 0.1) is 17.3 Å². The van der Waals surface area contributed by atoms with Crippen LogP contribution in [-0.2, 0) is 4.79 Å². The van der Waals surface area contributed by atoms with Gasteiger partial charge in [-0.2, -0.15) is 0 Å². The van der Waals surface area contributed by atoms with Crippen molar-refractivity contribution in [3.8, 4) is 11.8 Å². The van der Waals surface area contributed by atoms with Crippen LogP contribution < -0.4 is 0 Å². The molecule has 0 saturated carbocycles. The number of nitrogens with zero attached hydrogens (tertiary/aromatic N) is 2. The summed E-state index contributed by atoms with van der Waals surface area (Å²) in [5.41, 5.74) is 0.440. The number of rotatable bonds is 5. The Morgan fingerprint density at radius 2 is 1.81 bits per heavy atom. The van der Waals surface area contributed by atoms with Crippen molar-refractivity contribution >= 4 is 5.91 Å². The molecule has 0 atom stereocenters. The lowest BCUT2D eigenvalue weighted by atomic mass is 9.72. The second-order valence-electron chi connectivity index (χ2n) is 6.69. The highest BCUT2D eigenvalue weighted by atomic mass is 16.2. The second kappa shape index (κ2) is 7.84. The highest BCUT2D eigenvalue weighted by Crippen LogP contribution is 2.40. The lowest BCUT2D eigenvalue weighted by Gasteiger charge is -2.54. The first-order valence-corrected chi connectivity index (χ1v) is 8.65. The molecule has 118 valence electrons. The van der Waals surface area contributed by atoms with E-state index in [9.17, 15) is 4.79 Å². The van der Waals surface area contributed by atoms with E-state index >= 15 is 0 Å². The summed E-state index contributed by atoms with van der Waals surface area (Å²) in [4.78, 5) is 16.6. The molecule has 2 aliphatic heterocycles. The summed E-state index contributed by atoms with van der Waals surface area (Å²) >= 11 is 0. The van der Waals surface area contributed by atoms with E-state index in [-0.39, 0.29) is 0 Å². The van der Waals surface area contributed by atoms with Crippen LogP contribution in [-0.4, -0.2) is 48.4 Å². The third-order valence-electron chi connectivity index (χ3n) is 4.92. The van der Waals surface area contributed by atoms with Gasteiger partial charge in [0.25, 0.3) is 0 Å². The summed E-state index contributed by atoms with van der Waals surface area (Å²) in [5, 5.41) is 0. The van der Waals surface area contributed by atoms with Gasteiger partial charge in [0.05, 0.1) is 6.54 Å². The zero-order chi connectivity index (χ0) is 15.1. The maximum atomic E-state index is 12.1. The molecule has 1 spiro atoms. The molecule has 2 heterocycles. The van der Waals surface area contributed by atoms with Gasteiger partial charge >= 0.3 is 0 Å². The van der Waals surface area contributed by atoms with Crippen LogP contribution >= 0.6 is 0 Å². The van der Waals surface area contributed by atoms with Gasteiger partial charge in [0.2, 0.25) is 5.91 Å². The lowest BCUT2D eigenvalue weighted by molar-refractivity contribution is -0.146. The molecule has 0 N–H and O–H groups in total. The molecule has 0 unspecified atom stereocenters. The van der Waals surface area contributed by atoms with E-state index in [0.29, 0.717) is 11.3 Å². The van der Waals surface area contributed by atoms with Crippen LogP contribution in [0.3, 0.4) is 0 Å². The minimum atomic E-state index is 0.380. The van der Waals surface area contributed by atoms with Crippen molar-refractivity contribution < 1.29 is 4.79 Å². The smallest absolute Gasteiger partial charge is 0.222 e. The number of hydrogen-bond acceptors (Lipinski definition) is 2. The third-order valence-corrected chi connectivity index (χ3v) is 4.92. The van der Waals surface area contributed by atoms with E-state index in [4.69, 9.17) is 0 Å². The van der Waals surface area contributed by atoms with Crippen molar-refractivity contribution in [3.05, 3.63) is 0 Å². The molecule has 0 aromatic heterocycles. The van der Waals surface area contributed by atoms with E-state index in [1.807, 2.05) is 0 Å². The lowest BCUT2D eigenvalue weighted by Crippen LogP contribution is -2.61. The number of carbonyl (C=O) groups is 1. The van der Waals surface area contributed by atoms with Crippen LogP contribution in [0.1, 0.15) is 58.8 Å². The molecule has 0 aromatic rings. The molecule has 0 aromatic carbocycles. The second-order valence-corrected chi connectivity index (χ2v) is 6.69. The number of unbranched alkanes of at least 4 members (excludes halogenated alkanes) is 2. The zero-order valence-corrected chi connectivity index (χ0v) is 13.8. The summed E-state index contributed by atoms with van der Waals surface area (Å²) in [6, 6.07) is 0. The van der Waals surface area contributed by atoms with Crippen LogP contribution in [0.25, 0.3) is 0 Å². The molecule has 0 aliphatic carbocycles. The zero-order valence-electron chi connectivity index (χ0n) is 13.8. The molecule has 0 radical (unpaired) electrons. The van der Waals surface area contributed by atoms with Gasteiger partial charge in [-0.05, 0) is 32.4 Å². The average Bonchev–Trinajstić information content (AvgIpc) is 2.46. The van der Waals surface area contributed by atoms with Gasteiger partial charge in [-0.15, -0.1) is 5.92 Å². The molecule has 21 heavy (non-hydrogen) atoms. The first-order chi connectivity index (χ1) is 10.2. The van der Waals surface area contributed by atoms with Crippen molar-refractivity contribution in [2.24, 2.45) is 5.41 Å². The summed E-state index contributed by atoms with van der Waals surface area (Å²) in [6.45, 7) is 9.51. The van der Waals surface area contributed by atoms with Crippen molar-refractivity contribution in [2.45, 2.75) is 58.8 Å². The average molecular weight is 290 g/mol. The first kappa shape index (κ1) is 16.4. The molecule has 0 bridgehead atoms. The fourth-order valence-corrected chi connectivity index (χ4v) is 3.42. The van der Waals surface area contributed by atoms with Crippen LogP contribution in [0.4, 0.5) is 0 Å². The minimum Gasteiger partial charge on any atom is -0.341 e. The molecule has 1 amide bonds. The SMILES string of the molecule is CCC#CCN1CCC2(CC1)CN(C(=O)CCCCC)C2. The van der Waals surface area contributed by atoms with Crippen molar-refractivity contribution in [1.82, 2.24) is 9.80 Å². The van der Waals surface area contributed by atoms with Crippen molar-refractivity contribution in [3.63, 3.8) is 0 Å². The van der Waals surface area contributed by atoms with Gasteiger partial charge in [0.15, 0.2) is 0 Å². The molecular formula is C18H30N2O. The standard InChI is InChI=1S/C18H30N2O/c1-3-5-7-9-17(21)20-15-18(16-20)10-13-19(14-11-18)12-8-6-4-2/h3-5,7,9-16H2,1-2H3. The van der Waals surface area contributed by atoms with Gasteiger partial charge in [-0.1, -0.05) is 32.6 Å². The Morgan fingerprint density at radius 3 is 2.43 bits per heavy atom. The van der Waals surface area contributed by atoms with E-state index in [1.54, 1.807) is 0 Å². The van der Waals surface area contributed by atoms with E-state index in [0.717, 1.165) is 52.0 Å². The third kappa shape index (κ3) is 4.48. The molecule has 2 saturated heterocycles. The number of piperidine rings is 1. The molecular weight excluding hydrogens is 260 g/mol. The number of carbonyl (C=O) groups excluding carboxylic acids is 1.